The SMILES string of the molecule is C#C.CC.CNCCc1ccccc1. The van der Waals surface area contributed by atoms with Gasteiger partial charge in [0.15, 0.2) is 0 Å². The Balaban J connectivity index is 0. The molecule has 0 fully saturated rings. The number of likely N-dealkylation sites (N-methyl/N-ethyl adjacent to an activating group) is 1. The monoisotopic (exact) mass is 191 g/mol. The van der Waals surface area contributed by atoms with Crippen LogP contribution in [0.3, 0.4) is 0 Å². The fraction of sp³-hybridized carbons (Fsp3) is 0.385. The van der Waals surface area contributed by atoms with Crippen molar-refractivity contribution >= 4 is 0 Å². The second-order valence-electron chi connectivity index (χ2n) is 2.34. The zero-order valence-electron chi connectivity index (χ0n) is 9.46. The number of hydrogen-bond acceptors (Lipinski definition) is 1. The van der Waals surface area contributed by atoms with E-state index in [0.29, 0.717) is 0 Å². The third-order valence-corrected chi connectivity index (χ3v) is 1.51. The Morgan fingerprint density at radius 2 is 1.57 bits per heavy atom. The molecule has 0 aromatic heterocycles. The van der Waals surface area contributed by atoms with E-state index in [1.54, 1.807) is 0 Å². The summed E-state index contributed by atoms with van der Waals surface area (Å²) in [5, 5.41) is 3.12. The van der Waals surface area contributed by atoms with E-state index in [9.17, 15) is 0 Å². The van der Waals surface area contributed by atoms with Gasteiger partial charge in [0.05, 0.1) is 0 Å². The van der Waals surface area contributed by atoms with Gasteiger partial charge >= 0.3 is 0 Å². The lowest BCUT2D eigenvalue weighted by Gasteiger charge is -1.97. The minimum Gasteiger partial charge on any atom is -0.319 e. The molecule has 1 aromatic rings. The molecular formula is C13H21N. The zero-order chi connectivity index (χ0) is 11.2. The maximum absolute atomic E-state index is 4.00. The van der Waals surface area contributed by atoms with Crippen molar-refractivity contribution in [2.45, 2.75) is 20.3 Å². The van der Waals surface area contributed by atoms with Crippen LogP contribution in [0.1, 0.15) is 19.4 Å². The highest BCUT2D eigenvalue weighted by molar-refractivity contribution is 5.14. The lowest BCUT2D eigenvalue weighted by Crippen LogP contribution is -2.09. The molecule has 0 unspecified atom stereocenters. The van der Waals surface area contributed by atoms with Crippen molar-refractivity contribution in [1.82, 2.24) is 5.32 Å². The number of terminal acetylenes is 1. The fourth-order valence-corrected chi connectivity index (χ4v) is 0.914. The summed E-state index contributed by atoms with van der Waals surface area (Å²) >= 11 is 0. The highest BCUT2D eigenvalue weighted by Crippen LogP contribution is 1.97. The summed E-state index contributed by atoms with van der Waals surface area (Å²) in [5.74, 6) is 0. The van der Waals surface area contributed by atoms with Crippen molar-refractivity contribution in [2.24, 2.45) is 0 Å². The maximum Gasteiger partial charge on any atom is -0.00114 e. The Bertz CT molecular complexity index is 201. The highest BCUT2D eigenvalue weighted by Gasteiger charge is 1.86. The molecule has 0 heterocycles. The van der Waals surface area contributed by atoms with E-state index in [1.165, 1.54) is 5.56 Å². The van der Waals surface area contributed by atoms with E-state index >= 15 is 0 Å². The molecule has 0 aliphatic rings. The molecule has 1 nitrogen and oxygen atoms in total. The van der Waals surface area contributed by atoms with Crippen molar-refractivity contribution < 1.29 is 0 Å². The standard InChI is InChI=1S/C9H13N.C2H6.C2H2/c1-10-8-7-9-5-3-2-4-6-9;2*1-2/h2-6,10H,7-8H2,1H3;1-2H3;1-2H. The predicted octanol–water partition coefficient (Wildman–Crippen LogP) is 2.72. The topological polar surface area (TPSA) is 12.0 Å². The minimum atomic E-state index is 1.06. The highest BCUT2D eigenvalue weighted by atomic mass is 14.8. The molecule has 0 saturated heterocycles. The van der Waals surface area contributed by atoms with E-state index < -0.39 is 0 Å². The Kier molecular flexibility index (Phi) is 15.5. The Morgan fingerprint density at radius 1 is 1.07 bits per heavy atom. The van der Waals surface area contributed by atoms with E-state index in [0.717, 1.165) is 13.0 Å². The minimum absolute atomic E-state index is 1.06. The molecule has 1 N–H and O–H groups in total. The van der Waals surface area contributed by atoms with Gasteiger partial charge in [-0.3, -0.25) is 0 Å². The number of rotatable bonds is 3. The molecule has 0 radical (unpaired) electrons. The number of hydrogen-bond donors (Lipinski definition) is 1. The molecular weight excluding hydrogens is 170 g/mol. The van der Waals surface area contributed by atoms with E-state index in [-0.39, 0.29) is 0 Å². The molecule has 1 aromatic carbocycles. The van der Waals surface area contributed by atoms with Gasteiger partial charge in [-0.05, 0) is 25.6 Å². The first kappa shape index (κ1) is 15.2. The summed E-state index contributed by atoms with van der Waals surface area (Å²) in [6.45, 7) is 5.06. The van der Waals surface area contributed by atoms with Crippen LogP contribution in [0.15, 0.2) is 30.3 Å². The number of benzene rings is 1. The molecule has 1 rings (SSSR count). The summed E-state index contributed by atoms with van der Waals surface area (Å²) in [7, 11) is 1.98. The lowest BCUT2D eigenvalue weighted by atomic mass is 10.2. The maximum atomic E-state index is 4.00. The lowest BCUT2D eigenvalue weighted by molar-refractivity contribution is 0.792. The molecule has 0 saturated carbocycles. The van der Waals surface area contributed by atoms with Crippen LogP contribution in [-0.4, -0.2) is 13.6 Å². The molecule has 0 bridgehead atoms. The van der Waals surface area contributed by atoms with Gasteiger partial charge in [-0.2, -0.15) is 0 Å². The Morgan fingerprint density at radius 3 is 2.00 bits per heavy atom. The molecule has 0 atom stereocenters. The number of nitrogens with one attached hydrogen (secondary N) is 1. The largest absolute Gasteiger partial charge is 0.319 e. The third kappa shape index (κ3) is 8.83. The van der Waals surface area contributed by atoms with Crippen LogP contribution in [0.5, 0.6) is 0 Å². The average molecular weight is 191 g/mol. The van der Waals surface area contributed by atoms with Gasteiger partial charge in [0.2, 0.25) is 0 Å². The second-order valence-corrected chi connectivity index (χ2v) is 2.34. The summed E-state index contributed by atoms with van der Waals surface area (Å²) in [6.07, 6.45) is 9.12. The van der Waals surface area contributed by atoms with Gasteiger partial charge in [-0.15, -0.1) is 12.8 Å². The van der Waals surface area contributed by atoms with Gasteiger partial charge < -0.3 is 5.32 Å². The van der Waals surface area contributed by atoms with Crippen molar-refractivity contribution in [3.8, 4) is 12.8 Å². The Hall–Kier alpha value is -1.26. The summed E-state index contributed by atoms with van der Waals surface area (Å²) in [6, 6.07) is 10.5. The summed E-state index contributed by atoms with van der Waals surface area (Å²) in [5.41, 5.74) is 1.40. The van der Waals surface area contributed by atoms with Crippen molar-refractivity contribution in [2.75, 3.05) is 13.6 Å². The molecule has 1 heteroatoms. The van der Waals surface area contributed by atoms with Crippen LogP contribution in [0.25, 0.3) is 0 Å². The van der Waals surface area contributed by atoms with Gasteiger partial charge in [0, 0.05) is 0 Å². The Labute approximate surface area is 88.5 Å². The molecule has 0 spiro atoms. The van der Waals surface area contributed by atoms with Crippen LogP contribution in [0.2, 0.25) is 0 Å². The van der Waals surface area contributed by atoms with Crippen LogP contribution in [-0.2, 0) is 6.42 Å². The fourth-order valence-electron chi connectivity index (χ4n) is 0.914. The second kappa shape index (κ2) is 14.3. The van der Waals surface area contributed by atoms with Gasteiger partial charge in [0.25, 0.3) is 0 Å². The third-order valence-electron chi connectivity index (χ3n) is 1.51. The predicted molar refractivity (Wildman–Crippen MR) is 65.3 cm³/mol. The van der Waals surface area contributed by atoms with Gasteiger partial charge in [-0.1, -0.05) is 44.2 Å². The van der Waals surface area contributed by atoms with Crippen LogP contribution >= 0.6 is 0 Å². The smallest absolute Gasteiger partial charge is 0.00114 e. The molecule has 14 heavy (non-hydrogen) atoms. The molecule has 0 aliphatic heterocycles. The zero-order valence-corrected chi connectivity index (χ0v) is 9.46. The molecule has 0 amide bonds. The van der Waals surface area contributed by atoms with Gasteiger partial charge in [0.1, 0.15) is 0 Å². The molecule has 78 valence electrons. The first-order valence-electron chi connectivity index (χ1n) is 4.95. The van der Waals surface area contributed by atoms with Crippen LogP contribution < -0.4 is 5.32 Å². The van der Waals surface area contributed by atoms with E-state index in [4.69, 9.17) is 0 Å². The van der Waals surface area contributed by atoms with Crippen LogP contribution in [0, 0.1) is 12.8 Å². The van der Waals surface area contributed by atoms with Crippen LogP contribution in [0.4, 0.5) is 0 Å². The molecule has 0 aliphatic carbocycles. The quantitative estimate of drug-likeness (QED) is 0.724. The van der Waals surface area contributed by atoms with Crippen molar-refractivity contribution in [1.29, 1.82) is 0 Å². The first-order chi connectivity index (χ1) is 6.93. The first-order valence-corrected chi connectivity index (χ1v) is 4.95. The van der Waals surface area contributed by atoms with Gasteiger partial charge in [-0.25, -0.2) is 0 Å². The summed E-state index contributed by atoms with van der Waals surface area (Å²) in [4.78, 5) is 0. The van der Waals surface area contributed by atoms with E-state index in [2.05, 4.69) is 42.4 Å². The van der Waals surface area contributed by atoms with Crippen molar-refractivity contribution in [3.05, 3.63) is 35.9 Å². The average Bonchev–Trinajstić information content (AvgIpc) is 2.33. The van der Waals surface area contributed by atoms with E-state index in [1.807, 2.05) is 27.0 Å². The normalized spacial score (nSPS) is 7.50. The van der Waals surface area contributed by atoms with Crippen molar-refractivity contribution in [3.63, 3.8) is 0 Å². The summed E-state index contributed by atoms with van der Waals surface area (Å²) < 4.78 is 0.